The van der Waals surface area contributed by atoms with Gasteiger partial charge in [-0.15, -0.1) is 0 Å². The lowest BCUT2D eigenvalue weighted by molar-refractivity contribution is 0.392. The van der Waals surface area contributed by atoms with Crippen molar-refractivity contribution in [1.82, 2.24) is 0 Å². The molecule has 3 rings (SSSR count). The zero-order valence-corrected chi connectivity index (χ0v) is 8.30. The Morgan fingerprint density at radius 3 is 2.79 bits per heavy atom. The van der Waals surface area contributed by atoms with Crippen molar-refractivity contribution in [3.05, 3.63) is 36.4 Å². The lowest BCUT2D eigenvalue weighted by Crippen LogP contribution is -2.05. The molecule has 3 heteroatoms. The van der Waals surface area contributed by atoms with Gasteiger partial charge < -0.3 is 9.46 Å². The average molecular weight is 203 g/mol. The highest BCUT2D eigenvalue weighted by atomic mass is 32.2. The normalized spacial score (nSPS) is 14.3. The van der Waals surface area contributed by atoms with E-state index in [2.05, 4.69) is 29.0 Å². The molecule has 14 heavy (non-hydrogen) atoms. The third kappa shape index (κ3) is 1.21. The van der Waals surface area contributed by atoms with Crippen LogP contribution >= 0.6 is 11.9 Å². The van der Waals surface area contributed by atoms with Crippen LogP contribution in [0.5, 0.6) is 5.75 Å². The van der Waals surface area contributed by atoms with E-state index in [1.165, 1.54) is 10.8 Å². The zero-order valence-electron chi connectivity index (χ0n) is 7.49. The maximum Gasteiger partial charge on any atom is 0.153 e. The average Bonchev–Trinajstić information content (AvgIpc) is 2.26. The summed E-state index contributed by atoms with van der Waals surface area (Å²) < 4.78 is 8.78. The summed E-state index contributed by atoms with van der Waals surface area (Å²) in [6, 6.07) is 12.5. The smallest absolute Gasteiger partial charge is 0.153 e. The lowest BCUT2D eigenvalue weighted by Gasteiger charge is -2.18. The quantitative estimate of drug-likeness (QED) is 0.664. The molecule has 0 atom stereocenters. The van der Waals surface area contributed by atoms with Gasteiger partial charge in [0.15, 0.2) is 5.94 Å². The number of benzene rings is 2. The Morgan fingerprint density at radius 1 is 1.14 bits per heavy atom. The molecule has 2 nitrogen and oxygen atoms in total. The third-order valence-corrected chi connectivity index (χ3v) is 2.90. The molecule has 2 aromatic carbocycles. The fourth-order valence-electron chi connectivity index (χ4n) is 1.62. The molecule has 0 bridgehead atoms. The van der Waals surface area contributed by atoms with Crippen molar-refractivity contribution < 1.29 is 4.74 Å². The Bertz CT molecular complexity index is 439. The highest BCUT2D eigenvalue weighted by molar-refractivity contribution is 8.00. The van der Waals surface area contributed by atoms with Gasteiger partial charge in [-0.05, 0) is 34.9 Å². The molecular formula is C11H9NOS. The van der Waals surface area contributed by atoms with Crippen molar-refractivity contribution >= 4 is 28.4 Å². The number of rotatable bonds is 0. The summed E-state index contributed by atoms with van der Waals surface area (Å²) in [7, 11) is 0. The number of nitrogens with one attached hydrogen (secondary N) is 1. The number of anilines is 1. The van der Waals surface area contributed by atoms with E-state index in [4.69, 9.17) is 4.74 Å². The predicted molar refractivity (Wildman–Crippen MR) is 60.7 cm³/mol. The molecule has 1 heterocycles. The van der Waals surface area contributed by atoms with Gasteiger partial charge in [0.05, 0.1) is 5.69 Å². The highest BCUT2D eigenvalue weighted by Gasteiger charge is 2.10. The van der Waals surface area contributed by atoms with E-state index in [-0.39, 0.29) is 0 Å². The van der Waals surface area contributed by atoms with E-state index < -0.39 is 0 Å². The van der Waals surface area contributed by atoms with Crippen LogP contribution < -0.4 is 9.46 Å². The van der Waals surface area contributed by atoms with Crippen molar-refractivity contribution in [3.8, 4) is 5.75 Å². The first-order valence-electron chi connectivity index (χ1n) is 4.47. The van der Waals surface area contributed by atoms with Crippen LogP contribution in [0.2, 0.25) is 0 Å². The lowest BCUT2D eigenvalue weighted by atomic mass is 10.1. The topological polar surface area (TPSA) is 21.3 Å². The maximum absolute atomic E-state index is 5.53. The summed E-state index contributed by atoms with van der Waals surface area (Å²) in [4.78, 5) is 0. The van der Waals surface area contributed by atoms with Crippen molar-refractivity contribution in [1.29, 1.82) is 0 Å². The van der Waals surface area contributed by atoms with Crippen molar-refractivity contribution in [2.75, 3.05) is 10.7 Å². The molecule has 2 aromatic rings. The molecule has 0 fully saturated rings. The first-order valence-corrected chi connectivity index (χ1v) is 5.45. The van der Waals surface area contributed by atoms with Crippen LogP contribution in [0.4, 0.5) is 5.69 Å². The van der Waals surface area contributed by atoms with E-state index >= 15 is 0 Å². The van der Waals surface area contributed by atoms with Crippen LogP contribution in [0.25, 0.3) is 10.8 Å². The molecule has 0 radical (unpaired) electrons. The first-order chi connectivity index (χ1) is 6.93. The van der Waals surface area contributed by atoms with E-state index in [0.29, 0.717) is 5.94 Å². The minimum atomic E-state index is 0.672. The van der Waals surface area contributed by atoms with Gasteiger partial charge in [-0.3, -0.25) is 0 Å². The molecule has 0 unspecified atom stereocenters. The van der Waals surface area contributed by atoms with Crippen LogP contribution in [0.1, 0.15) is 0 Å². The van der Waals surface area contributed by atoms with Crippen molar-refractivity contribution in [2.45, 2.75) is 0 Å². The van der Waals surface area contributed by atoms with Crippen molar-refractivity contribution in [2.24, 2.45) is 0 Å². The molecule has 0 aliphatic carbocycles. The number of ether oxygens (including phenoxy) is 1. The van der Waals surface area contributed by atoms with Gasteiger partial charge in [0.1, 0.15) is 5.75 Å². The molecule has 0 aromatic heterocycles. The number of fused-ring (bicyclic) bond motifs is 2. The largest absolute Gasteiger partial charge is 0.479 e. The van der Waals surface area contributed by atoms with Gasteiger partial charge in [-0.1, -0.05) is 24.3 Å². The molecule has 1 N–H and O–H groups in total. The summed E-state index contributed by atoms with van der Waals surface area (Å²) in [5.41, 5.74) is 1.07. The fourth-order valence-corrected chi connectivity index (χ4v) is 2.18. The zero-order chi connectivity index (χ0) is 9.38. The molecule has 0 spiro atoms. The minimum Gasteiger partial charge on any atom is -0.479 e. The second-order valence-electron chi connectivity index (χ2n) is 3.20. The molecule has 70 valence electrons. The van der Waals surface area contributed by atoms with E-state index in [1.807, 2.05) is 12.1 Å². The monoisotopic (exact) mass is 203 g/mol. The standard InChI is InChI=1S/C11H9NOS/c1-2-4-9-6-11-10(5-8(9)3-1)12-14-7-13-11/h1-6,12H,7H2. The van der Waals surface area contributed by atoms with Crippen LogP contribution in [0, 0.1) is 0 Å². The molecule has 0 saturated heterocycles. The second kappa shape index (κ2) is 3.10. The molecule has 0 saturated carbocycles. The Kier molecular flexibility index (Phi) is 1.77. The maximum atomic E-state index is 5.53. The van der Waals surface area contributed by atoms with E-state index in [1.54, 1.807) is 11.9 Å². The number of hydrogen-bond donors (Lipinski definition) is 1. The summed E-state index contributed by atoms with van der Waals surface area (Å²) in [6.45, 7) is 0. The Balaban J connectivity index is 2.27. The Labute approximate surface area is 86.4 Å². The summed E-state index contributed by atoms with van der Waals surface area (Å²) in [6.07, 6.45) is 0. The first kappa shape index (κ1) is 8.00. The number of hydrogen-bond acceptors (Lipinski definition) is 3. The SMILES string of the molecule is c1ccc2cc3c(cc2c1)NSCO3. The summed E-state index contributed by atoms with van der Waals surface area (Å²) >= 11 is 1.57. The summed E-state index contributed by atoms with van der Waals surface area (Å²) in [5.74, 6) is 1.62. The van der Waals surface area contributed by atoms with Crippen LogP contribution in [-0.2, 0) is 0 Å². The van der Waals surface area contributed by atoms with Gasteiger partial charge in [-0.2, -0.15) is 0 Å². The van der Waals surface area contributed by atoms with Crippen LogP contribution in [0.3, 0.4) is 0 Å². The van der Waals surface area contributed by atoms with Gasteiger partial charge >= 0.3 is 0 Å². The Morgan fingerprint density at radius 2 is 1.93 bits per heavy atom. The van der Waals surface area contributed by atoms with E-state index in [9.17, 15) is 0 Å². The van der Waals surface area contributed by atoms with Gasteiger partial charge in [0, 0.05) is 0 Å². The third-order valence-electron chi connectivity index (χ3n) is 2.30. The van der Waals surface area contributed by atoms with Gasteiger partial charge in [-0.25, -0.2) is 0 Å². The molecular weight excluding hydrogens is 194 g/mol. The molecule has 1 aliphatic heterocycles. The predicted octanol–water partition coefficient (Wildman–Crippen LogP) is 3.25. The van der Waals surface area contributed by atoms with Crippen molar-refractivity contribution in [3.63, 3.8) is 0 Å². The molecule has 0 amide bonds. The van der Waals surface area contributed by atoms with Crippen LogP contribution in [-0.4, -0.2) is 5.94 Å². The highest BCUT2D eigenvalue weighted by Crippen LogP contribution is 2.35. The fraction of sp³-hybridized carbons (Fsp3) is 0.0909. The summed E-state index contributed by atoms with van der Waals surface area (Å²) in [5, 5.41) is 2.46. The second-order valence-corrected chi connectivity index (χ2v) is 3.93. The van der Waals surface area contributed by atoms with Gasteiger partial charge in [0.2, 0.25) is 0 Å². The Hall–Kier alpha value is -1.35. The van der Waals surface area contributed by atoms with Crippen LogP contribution in [0.15, 0.2) is 36.4 Å². The van der Waals surface area contributed by atoms with Gasteiger partial charge in [0.25, 0.3) is 0 Å². The van der Waals surface area contributed by atoms with E-state index in [0.717, 1.165) is 11.4 Å². The molecule has 1 aliphatic rings. The minimum absolute atomic E-state index is 0.672.